The van der Waals surface area contributed by atoms with E-state index in [0.717, 1.165) is 19.4 Å². The van der Waals surface area contributed by atoms with Gasteiger partial charge in [-0.15, -0.1) is 6.58 Å². The maximum absolute atomic E-state index is 5.69. The van der Waals surface area contributed by atoms with E-state index in [2.05, 4.69) is 42.7 Å². The second kappa shape index (κ2) is 7.78. The molecule has 0 fully saturated rings. The summed E-state index contributed by atoms with van der Waals surface area (Å²) in [6.07, 6.45) is 3.98. The van der Waals surface area contributed by atoms with Crippen LogP contribution in [0.4, 0.5) is 0 Å². The minimum atomic E-state index is -0.211. The maximum Gasteiger partial charge on any atom is 0.179 e. The second-order valence-electron chi connectivity index (χ2n) is 6.10. The first-order chi connectivity index (χ1) is 9.40. The molecular weight excluding hydrogens is 246 g/mol. The summed E-state index contributed by atoms with van der Waals surface area (Å²) in [5.41, 5.74) is 1.14. The van der Waals surface area contributed by atoms with E-state index in [1.54, 1.807) is 0 Å². The Morgan fingerprint density at radius 2 is 1.95 bits per heavy atom. The highest BCUT2D eigenvalue weighted by Gasteiger charge is 2.14. The Hall–Kier alpha value is -1.70. The molecule has 1 aromatic rings. The van der Waals surface area contributed by atoms with Crippen molar-refractivity contribution in [3.8, 4) is 0 Å². The fourth-order valence-corrected chi connectivity index (χ4v) is 2.09. The molecule has 0 saturated carbocycles. The molecule has 0 bridgehead atoms. The fourth-order valence-electron chi connectivity index (χ4n) is 2.09. The Bertz CT molecular complexity index is 417. The second-order valence-corrected chi connectivity index (χ2v) is 6.10. The van der Waals surface area contributed by atoms with Gasteiger partial charge in [0.25, 0.3) is 0 Å². The first kappa shape index (κ1) is 16.4. The van der Waals surface area contributed by atoms with Crippen molar-refractivity contribution < 1.29 is 4.74 Å². The van der Waals surface area contributed by atoms with Crippen molar-refractivity contribution >= 4 is 0 Å². The lowest BCUT2D eigenvalue weighted by molar-refractivity contribution is 0.0405. The highest BCUT2D eigenvalue weighted by molar-refractivity contribution is 5.15. The molecule has 20 heavy (non-hydrogen) atoms. The van der Waals surface area contributed by atoms with Crippen LogP contribution in [0, 0.1) is 5.92 Å². The van der Waals surface area contributed by atoms with Crippen LogP contribution < -0.4 is 5.32 Å². The molecule has 2 heteroatoms. The molecule has 110 valence electrons. The van der Waals surface area contributed by atoms with Gasteiger partial charge in [0.05, 0.1) is 0 Å². The Morgan fingerprint density at radius 1 is 1.30 bits per heavy atom. The Kier molecular flexibility index (Phi) is 6.37. The molecule has 1 N–H and O–H groups in total. The average Bonchev–Trinajstić information content (AvgIpc) is 2.35. The van der Waals surface area contributed by atoms with Gasteiger partial charge in [-0.3, -0.25) is 0 Å². The van der Waals surface area contributed by atoms with Gasteiger partial charge in [0.2, 0.25) is 0 Å². The van der Waals surface area contributed by atoms with E-state index in [-0.39, 0.29) is 5.60 Å². The van der Waals surface area contributed by atoms with E-state index in [1.165, 1.54) is 5.56 Å². The molecule has 1 rings (SSSR count). The predicted octanol–water partition coefficient (Wildman–Crippen LogP) is 4.30. The SMILES string of the molecule is C=CC[C@H](CNC(=C)OC(C)(C)C)Cc1ccccc1. The molecule has 2 nitrogen and oxygen atoms in total. The van der Waals surface area contributed by atoms with E-state index in [4.69, 9.17) is 4.74 Å². The highest BCUT2D eigenvalue weighted by Crippen LogP contribution is 2.14. The molecule has 0 aliphatic heterocycles. The van der Waals surface area contributed by atoms with Gasteiger partial charge >= 0.3 is 0 Å². The van der Waals surface area contributed by atoms with E-state index in [1.807, 2.05) is 32.9 Å². The van der Waals surface area contributed by atoms with Gasteiger partial charge in [0, 0.05) is 6.54 Å². The zero-order chi connectivity index (χ0) is 15.0. The van der Waals surface area contributed by atoms with E-state index >= 15 is 0 Å². The Morgan fingerprint density at radius 3 is 2.50 bits per heavy atom. The summed E-state index contributed by atoms with van der Waals surface area (Å²) in [6, 6.07) is 10.5. The first-order valence-corrected chi connectivity index (χ1v) is 7.17. The summed E-state index contributed by atoms with van der Waals surface area (Å²) in [5, 5.41) is 3.28. The maximum atomic E-state index is 5.69. The zero-order valence-electron chi connectivity index (χ0n) is 13.0. The van der Waals surface area contributed by atoms with Crippen LogP contribution in [0.1, 0.15) is 32.8 Å². The number of nitrogens with one attached hydrogen (secondary N) is 1. The summed E-state index contributed by atoms with van der Waals surface area (Å²) in [5.74, 6) is 1.13. The van der Waals surface area contributed by atoms with E-state index < -0.39 is 0 Å². The van der Waals surface area contributed by atoms with Crippen LogP contribution in [0.15, 0.2) is 55.4 Å². The van der Waals surface area contributed by atoms with Crippen LogP contribution in [0.2, 0.25) is 0 Å². The molecule has 0 unspecified atom stereocenters. The van der Waals surface area contributed by atoms with E-state index in [0.29, 0.717) is 11.8 Å². The number of hydrogen-bond acceptors (Lipinski definition) is 2. The quantitative estimate of drug-likeness (QED) is 0.563. The molecule has 1 atom stereocenters. The molecule has 0 aliphatic carbocycles. The lowest BCUT2D eigenvalue weighted by Crippen LogP contribution is -2.29. The zero-order valence-corrected chi connectivity index (χ0v) is 13.0. The normalized spacial score (nSPS) is 12.6. The molecule has 0 radical (unpaired) electrons. The summed E-state index contributed by atoms with van der Waals surface area (Å²) >= 11 is 0. The van der Waals surface area contributed by atoms with Crippen molar-refractivity contribution in [1.82, 2.24) is 5.32 Å². The molecule has 0 aliphatic rings. The molecule has 1 aromatic carbocycles. The van der Waals surface area contributed by atoms with Crippen LogP contribution in [-0.4, -0.2) is 12.1 Å². The fraction of sp³-hybridized carbons (Fsp3) is 0.444. The predicted molar refractivity (Wildman–Crippen MR) is 86.4 cm³/mol. The van der Waals surface area contributed by atoms with Crippen molar-refractivity contribution in [2.45, 2.75) is 39.2 Å². The third-order valence-corrected chi connectivity index (χ3v) is 2.88. The first-order valence-electron chi connectivity index (χ1n) is 7.17. The van der Waals surface area contributed by atoms with Crippen molar-refractivity contribution in [2.24, 2.45) is 5.92 Å². The monoisotopic (exact) mass is 273 g/mol. The Balaban J connectivity index is 2.47. The lowest BCUT2D eigenvalue weighted by atomic mass is 9.96. The minimum absolute atomic E-state index is 0.211. The van der Waals surface area contributed by atoms with Gasteiger partial charge in [0.15, 0.2) is 5.88 Å². The standard InChI is InChI=1S/C18H27NO/c1-6-10-17(13-16-11-8-7-9-12-16)14-19-15(2)20-18(3,4)5/h6-9,11-12,17,19H,1-2,10,13-14H2,3-5H3/t17-/m0/s1. The van der Waals surface area contributed by atoms with Gasteiger partial charge in [0.1, 0.15) is 5.60 Å². The third kappa shape index (κ3) is 7.03. The van der Waals surface area contributed by atoms with Crippen LogP contribution in [0.25, 0.3) is 0 Å². The van der Waals surface area contributed by atoms with Gasteiger partial charge in [-0.05, 0) is 51.7 Å². The van der Waals surface area contributed by atoms with Crippen molar-refractivity contribution in [2.75, 3.05) is 6.54 Å². The van der Waals surface area contributed by atoms with Crippen molar-refractivity contribution in [3.05, 3.63) is 61.0 Å². The largest absolute Gasteiger partial charge is 0.474 e. The van der Waals surface area contributed by atoms with Gasteiger partial charge in [-0.2, -0.15) is 0 Å². The number of benzene rings is 1. The van der Waals surface area contributed by atoms with Gasteiger partial charge in [-0.25, -0.2) is 0 Å². The summed E-state index contributed by atoms with van der Waals surface area (Å²) in [7, 11) is 0. The van der Waals surface area contributed by atoms with Crippen LogP contribution >= 0.6 is 0 Å². The van der Waals surface area contributed by atoms with Crippen LogP contribution in [0.5, 0.6) is 0 Å². The number of rotatable bonds is 8. The molecule has 0 spiro atoms. The van der Waals surface area contributed by atoms with Crippen molar-refractivity contribution in [3.63, 3.8) is 0 Å². The summed E-state index contributed by atoms with van der Waals surface area (Å²) in [4.78, 5) is 0. The lowest BCUT2D eigenvalue weighted by Gasteiger charge is -2.25. The molecule has 0 saturated heterocycles. The molecule has 0 aromatic heterocycles. The summed E-state index contributed by atoms with van der Waals surface area (Å²) in [6.45, 7) is 14.7. The van der Waals surface area contributed by atoms with Crippen molar-refractivity contribution in [1.29, 1.82) is 0 Å². The van der Waals surface area contributed by atoms with Crippen LogP contribution in [-0.2, 0) is 11.2 Å². The Labute approximate surface area is 123 Å². The highest BCUT2D eigenvalue weighted by atomic mass is 16.5. The smallest absolute Gasteiger partial charge is 0.179 e. The number of allylic oxidation sites excluding steroid dienone is 1. The average molecular weight is 273 g/mol. The number of hydrogen-bond donors (Lipinski definition) is 1. The molecular formula is C18H27NO. The summed E-state index contributed by atoms with van der Waals surface area (Å²) < 4.78 is 5.69. The number of ether oxygens (including phenoxy) is 1. The van der Waals surface area contributed by atoms with Gasteiger partial charge in [-0.1, -0.05) is 36.4 Å². The minimum Gasteiger partial charge on any atom is -0.474 e. The molecule has 0 heterocycles. The van der Waals surface area contributed by atoms with E-state index in [9.17, 15) is 0 Å². The third-order valence-electron chi connectivity index (χ3n) is 2.88. The van der Waals surface area contributed by atoms with Gasteiger partial charge < -0.3 is 10.1 Å². The molecule has 0 amide bonds. The van der Waals surface area contributed by atoms with Crippen LogP contribution in [0.3, 0.4) is 0 Å². The topological polar surface area (TPSA) is 21.3 Å².